The van der Waals surface area contributed by atoms with E-state index >= 15 is 0 Å². The predicted molar refractivity (Wildman–Crippen MR) is 106 cm³/mol. The lowest BCUT2D eigenvalue weighted by Gasteiger charge is -2.30. The highest BCUT2D eigenvalue weighted by Crippen LogP contribution is 2.37. The van der Waals surface area contributed by atoms with Gasteiger partial charge in [-0.2, -0.15) is 5.10 Å². The first-order chi connectivity index (χ1) is 13.8. The Morgan fingerprint density at radius 2 is 1.89 bits per heavy atom. The molecule has 1 aromatic carbocycles. The molecule has 3 aromatic rings. The fourth-order valence-corrected chi connectivity index (χ4v) is 4.74. The third-order valence-corrected chi connectivity index (χ3v) is 6.20. The smallest absolute Gasteiger partial charge is 0.269 e. The molecule has 1 aliphatic carbocycles. The summed E-state index contributed by atoms with van der Waals surface area (Å²) in [5.41, 5.74) is 7.98. The molecule has 0 atom stereocenters. The summed E-state index contributed by atoms with van der Waals surface area (Å²) in [5.74, 6) is 1.00. The number of fused-ring (bicyclic) bond motifs is 6. The van der Waals surface area contributed by atoms with Crippen LogP contribution >= 0.6 is 0 Å². The summed E-state index contributed by atoms with van der Waals surface area (Å²) >= 11 is 0. The van der Waals surface area contributed by atoms with Crippen molar-refractivity contribution in [2.45, 2.75) is 32.4 Å². The Kier molecular flexibility index (Phi) is 3.36. The fraction of sp³-hybridized carbons (Fsp3) is 0.318. The number of carbonyl (C=O) groups is 1. The molecule has 0 bridgehead atoms. The first-order valence-electron chi connectivity index (χ1n) is 9.97. The number of nitrogens with zero attached hydrogens (tertiary/aromatic N) is 4. The Labute approximate surface area is 163 Å². The maximum atomic E-state index is 12.4. The maximum absolute atomic E-state index is 12.4. The van der Waals surface area contributed by atoms with Gasteiger partial charge in [-0.15, -0.1) is 0 Å². The second kappa shape index (κ2) is 5.92. The van der Waals surface area contributed by atoms with Gasteiger partial charge in [0.05, 0.1) is 12.2 Å². The van der Waals surface area contributed by atoms with Gasteiger partial charge in [0.25, 0.3) is 5.91 Å². The maximum Gasteiger partial charge on any atom is 0.269 e. The van der Waals surface area contributed by atoms with Gasteiger partial charge in [0, 0.05) is 37.0 Å². The summed E-state index contributed by atoms with van der Waals surface area (Å²) in [4.78, 5) is 19.5. The molecule has 0 unspecified atom stereocenters. The largest absolute Gasteiger partial charge is 0.352 e. The Bertz CT molecular complexity index is 1120. The van der Waals surface area contributed by atoms with Crippen LogP contribution < -0.4 is 10.2 Å². The Balaban J connectivity index is 1.41. The number of pyridine rings is 1. The zero-order chi connectivity index (χ0) is 18.7. The van der Waals surface area contributed by atoms with Gasteiger partial charge in [-0.05, 0) is 42.0 Å². The summed E-state index contributed by atoms with van der Waals surface area (Å²) in [6, 6.07) is 10.8. The Morgan fingerprint density at radius 3 is 2.82 bits per heavy atom. The first-order valence-corrected chi connectivity index (χ1v) is 9.97. The summed E-state index contributed by atoms with van der Waals surface area (Å²) in [6.07, 6.45) is 4.80. The first kappa shape index (κ1) is 15.9. The fourth-order valence-electron chi connectivity index (χ4n) is 4.74. The molecule has 4 heterocycles. The molecule has 0 radical (unpaired) electrons. The van der Waals surface area contributed by atoms with Gasteiger partial charge in [-0.25, -0.2) is 4.98 Å². The van der Waals surface area contributed by atoms with Crippen molar-refractivity contribution in [3.05, 3.63) is 64.5 Å². The zero-order valence-corrected chi connectivity index (χ0v) is 15.6. The predicted octanol–water partition coefficient (Wildman–Crippen LogP) is 2.35. The van der Waals surface area contributed by atoms with Gasteiger partial charge in [0.1, 0.15) is 11.5 Å². The molecule has 6 rings (SSSR count). The van der Waals surface area contributed by atoms with Gasteiger partial charge in [0.2, 0.25) is 0 Å². The lowest BCUT2D eigenvalue weighted by Crippen LogP contribution is -2.36. The topological polar surface area (TPSA) is 63.1 Å². The van der Waals surface area contributed by atoms with E-state index in [9.17, 15) is 4.79 Å². The zero-order valence-electron chi connectivity index (χ0n) is 15.6. The minimum atomic E-state index is 0.00497. The molecular formula is C22H21N5O. The van der Waals surface area contributed by atoms with Gasteiger partial charge in [-0.1, -0.05) is 24.3 Å². The van der Waals surface area contributed by atoms with E-state index < -0.39 is 0 Å². The van der Waals surface area contributed by atoms with Crippen LogP contribution in [0.15, 0.2) is 36.5 Å². The van der Waals surface area contributed by atoms with Crippen molar-refractivity contribution in [3.8, 4) is 11.3 Å². The Morgan fingerprint density at radius 1 is 1.00 bits per heavy atom. The van der Waals surface area contributed by atoms with Crippen LogP contribution in [-0.2, 0) is 32.4 Å². The lowest BCUT2D eigenvalue weighted by atomic mass is 9.89. The van der Waals surface area contributed by atoms with E-state index in [1.807, 2.05) is 10.9 Å². The van der Waals surface area contributed by atoms with Crippen molar-refractivity contribution in [1.29, 1.82) is 0 Å². The standard InChI is InChI=1S/C22H21N5O/c28-22-21-17-6-5-15-12-24-19(11-18(15)20(17)25-27(21)10-8-23-22)26-9-7-14-3-1-2-4-16(14)13-26/h1-4,11-12H,5-10,13H2,(H,23,28). The molecule has 0 spiro atoms. The van der Waals surface area contributed by atoms with E-state index in [4.69, 9.17) is 10.1 Å². The Hall–Kier alpha value is -3.15. The summed E-state index contributed by atoms with van der Waals surface area (Å²) in [7, 11) is 0. The quantitative estimate of drug-likeness (QED) is 0.713. The van der Waals surface area contributed by atoms with Crippen LogP contribution in [0.2, 0.25) is 0 Å². The van der Waals surface area contributed by atoms with Crippen molar-refractivity contribution in [3.63, 3.8) is 0 Å². The highest BCUT2D eigenvalue weighted by Gasteiger charge is 2.31. The van der Waals surface area contributed by atoms with E-state index in [-0.39, 0.29) is 5.91 Å². The van der Waals surface area contributed by atoms with Crippen LogP contribution in [0.1, 0.15) is 32.7 Å². The summed E-state index contributed by atoms with van der Waals surface area (Å²) in [6.45, 7) is 3.24. The molecule has 6 nitrogen and oxygen atoms in total. The van der Waals surface area contributed by atoms with Crippen molar-refractivity contribution >= 4 is 11.7 Å². The van der Waals surface area contributed by atoms with Gasteiger partial charge >= 0.3 is 0 Å². The molecular weight excluding hydrogens is 350 g/mol. The highest BCUT2D eigenvalue weighted by molar-refractivity contribution is 5.97. The van der Waals surface area contributed by atoms with Crippen LogP contribution in [0.4, 0.5) is 5.82 Å². The second-order valence-corrected chi connectivity index (χ2v) is 7.79. The number of nitrogens with one attached hydrogen (secondary N) is 1. The van der Waals surface area contributed by atoms with Crippen molar-refractivity contribution < 1.29 is 4.79 Å². The van der Waals surface area contributed by atoms with Crippen LogP contribution in [0.3, 0.4) is 0 Å². The number of anilines is 1. The normalized spacial score (nSPS) is 17.3. The van der Waals surface area contributed by atoms with Crippen molar-refractivity contribution in [2.24, 2.45) is 0 Å². The van der Waals surface area contributed by atoms with E-state index in [1.165, 1.54) is 16.7 Å². The van der Waals surface area contributed by atoms with E-state index in [0.717, 1.165) is 67.2 Å². The monoisotopic (exact) mass is 371 g/mol. The number of rotatable bonds is 1. The number of aromatic nitrogens is 3. The number of benzene rings is 1. The summed E-state index contributed by atoms with van der Waals surface area (Å²) in [5, 5.41) is 7.77. The molecule has 1 N–H and O–H groups in total. The average molecular weight is 371 g/mol. The molecule has 0 saturated heterocycles. The third-order valence-electron chi connectivity index (χ3n) is 6.20. The summed E-state index contributed by atoms with van der Waals surface area (Å²) < 4.78 is 1.88. The molecule has 0 fully saturated rings. The van der Waals surface area contributed by atoms with Gasteiger partial charge in [0.15, 0.2) is 0 Å². The minimum Gasteiger partial charge on any atom is -0.352 e. The van der Waals surface area contributed by atoms with Gasteiger partial charge < -0.3 is 10.2 Å². The van der Waals surface area contributed by atoms with E-state index in [2.05, 4.69) is 40.5 Å². The molecule has 2 aliphatic heterocycles. The van der Waals surface area contributed by atoms with Crippen molar-refractivity contribution in [1.82, 2.24) is 20.1 Å². The van der Waals surface area contributed by atoms with Crippen LogP contribution in [0, 0.1) is 0 Å². The number of hydrogen-bond donors (Lipinski definition) is 1. The number of aryl methyl sites for hydroxylation is 1. The second-order valence-electron chi connectivity index (χ2n) is 7.79. The molecule has 0 saturated carbocycles. The molecule has 6 heteroatoms. The van der Waals surface area contributed by atoms with E-state index in [1.54, 1.807) is 0 Å². The number of carbonyl (C=O) groups excluding carboxylic acids is 1. The lowest BCUT2D eigenvalue weighted by molar-refractivity contribution is 0.0923. The SMILES string of the molecule is O=C1NCCn2nc3c(c21)CCc1cnc(N2CCc4ccccc4C2)cc1-3. The van der Waals surface area contributed by atoms with Crippen LogP contribution in [-0.4, -0.2) is 33.8 Å². The molecule has 140 valence electrons. The highest BCUT2D eigenvalue weighted by atomic mass is 16.2. The van der Waals surface area contributed by atoms with Crippen LogP contribution in [0.25, 0.3) is 11.3 Å². The van der Waals surface area contributed by atoms with E-state index in [0.29, 0.717) is 6.54 Å². The number of hydrogen-bond acceptors (Lipinski definition) is 4. The number of amides is 1. The van der Waals surface area contributed by atoms with Crippen molar-refractivity contribution in [2.75, 3.05) is 18.0 Å². The molecule has 28 heavy (non-hydrogen) atoms. The minimum absolute atomic E-state index is 0.00497. The molecule has 2 aromatic heterocycles. The third kappa shape index (κ3) is 2.30. The van der Waals surface area contributed by atoms with Gasteiger partial charge in [-0.3, -0.25) is 9.48 Å². The molecule has 3 aliphatic rings. The average Bonchev–Trinajstić information content (AvgIpc) is 3.13. The molecule has 1 amide bonds. The van der Waals surface area contributed by atoms with Crippen LogP contribution in [0.5, 0.6) is 0 Å².